The molecule has 3 aromatic rings. The molecule has 0 atom stereocenters. The lowest BCUT2D eigenvalue weighted by Crippen LogP contribution is -2.32. The summed E-state index contributed by atoms with van der Waals surface area (Å²) >= 11 is 0. The summed E-state index contributed by atoms with van der Waals surface area (Å²) in [6.07, 6.45) is 0.735. The Kier molecular flexibility index (Phi) is 3.74. The van der Waals surface area contributed by atoms with E-state index in [1.165, 1.54) is 12.1 Å². The minimum atomic E-state index is -0.593. The van der Waals surface area contributed by atoms with Crippen LogP contribution in [0.1, 0.15) is 21.6 Å². The van der Waals surface area contributed by atoms with Crippen molar-refractivity contribution in [3.63, 3.8) is 0 Å². The molecule has 0 spiro atoms. The molecule has 134 valence electrons. The highest BCUT2D eigenvalue weighted by Crippen LogP contribution is 2.29. The van der Waals surface area contributed by atoms with Crippen molar-refractivity contribution in [2.45, 2.75) is 6.42 Å². The van der Waals surface area contributed by atoms with Crippen molar-refractivity contribution in [1.29, 1.82) is 5.26 Å². The van der Waals surface area contributed by atoms with E-state index in [2.05, 4.69) is 15.6 Å². The smallest absolute Gasteiger partial charge is 0.289 e. The number of nitrogens with one attached hydrogen (secondary N) is 2. The van der Waals surface area contributed by atoms with Crippen molar-refractivity contribution in [2.75, 3.05) is 11.9 Å². The van der Waals surface area contributed by atoms with Gasteiger partial charge in [-0.25, -0.2) is 4.98 Å². The second-order valence-corrected chi connectivity index (χ2v) is 6.18. The van der Waals surface area contributed by atoms with Crippen LogP contribution in [0.4, 0.5) is 17.2 Å². The average molecular weight is 362 g/mol. The zero-order valence-electron chi connectivity index (χ0n) is 14.3. The second kappa shape index (κ2) is 6.10. The number of aromatic nitrogens is 2. The number of benzene rings is 1. The Morgan fingerprint density at radius 1 is 1.37 bits per heavy atom. The zero-order chi connectivity index (χ0) is 19.1. The van der Waals surface area contributed by atoms with Gasteiger partial charge in [0.15, 0.2) is 0 Å². The molecule has 1 aromatic carbocycles. The van der Waals surface area contributed by atoms with Gasteiger partial charge < -0.3 is 15.2 Å². The molecule has 0 bridgehead atoms. The van der Waals surface area contributed by atoms with Gasteiger partial charge >= 0.3 is 0 Å². The molecule has 4 rings (SSSR count). The summed E-state index contributed by atoms with van der Waals surface area (Å²) in [5.74, 6) is 0.381. The quantitative estimate of drug-likeness (QED) is 0.544. The van der Waals surface area contributed by atoms with E-state index in [9.17, 15) is 14.9 Å². The van der Waals surface area contributed by atoms with E-state index in [1.807, 2.05) is 17.7 Å². The summed E-state index contributed by atoms with van der Waals surface area (Å²) in [4.78, 5) is 27.3. The lowest BCUT2D eigenvalue weighted by Gasteiger charge is -2.13. The summed E-state index contributed by atoms with van der Waals surface area (Å²) < 4.78 is 1.90. The van der Waals surface area contributed by atoms with Gasteiger partial charge in [-0.15, -0.1) is 0 Å². The fraction of sp³-hybridized carbons (Fsp3) is 0.167. The second-order valence-electron chi connectivity index (χ2n) is 6.18. The first-order valence-corrected chi connectivity index (χ1v) is 8.21. The van der Waals surface area contributed by atoms with E-state index in [0.717, 1.165) is 17.5 Å². The molecule has 1 amide bonds. The summed E-state index contributed by atoms with van der Waals surface area (Å²) in [7, 11) is 1.86. The normalized spacial score (nSPS) is 13.0. The SMILES string of the molecule is Cn1c2c(c3ccc(Nc4ccc(C#N)c([N+](=O)[O-])c4)nc31)C(=O)NCC2. The molecule has 0 fully saturated rings. The first-order valence-electron chi connectivity index (χ1n) is 8.21. The van der Waals surface area contributed by atoms with Crippen LogP contribution in [0, 0.1) is 21.4 Å². The van der Waals surface area contributed by atoms with Gasteiger partial charge in [0.25, 0.3) is 11.6 Å². The lowest BCUT2D eigenvalue weighted by molar-refractivity contribution is -0.385. The molecule has 0 aliphatic carbocycles. The molecule has 9 heteroatoms. The van der Waals surface area contributed by atoms with Crippen LogP contribution in [0.3, 0.4) is 0 Å². The molecular weight excluding hydrogens is 348 g/mol. The third kappa shape index (κ3) is 2.64. The Labute approximate surface area is 153 Å². The number of aryl methyl sites for hydroxylation is 1. The number of nitro groups is 1. The van der Waals surface area contributed by atoms with Crippen molar-refractivity contribution in [2.24, 2.45) is 7.05 Å². The standard InChI is InChI=1S/C18H14N6O3/c1-23-13-6-7-20-18(25)16(13)12-4-5-15(22-17(12)23)21-11-3-2-10(9-19)14(8-11)24(26)27/h2-5,8H,6-7H2,1H3,(H,20,25)(H,21,22). The number of hydrogen-bond acceptors (Lipinski definition) is 6. The molecule has 0 saturated heterocycles. The Bertz CT molecular complexity index is 1160. The molecule has 0 radical (unpaired) electrons. The maximum Gasteiger partial charge on any atom is 0.289 e. The average Bonchev–Trinajstić information content (AvgIpc) is 2.95. The van der Waals surface area contributed by atoms with E-state index in [4.69, 9.17) is 5.26 Å². The van der Waals surface area contributed by atoms with Gasteiger partial charge in [0.1, 0.15) is 23.1 Å². The van der Waals surface area contributed by atoms with Gasteiger partial charge in [-0.2, -0.15) is 5.26 Å². The number of carbonyl (C=O) groups excluding carboxylic acids is 1. The maximum atomic E-state index is 12.2. The van der Waals surface area contributed by atoms with Gasteiger partial charge in [0, 0.05) is 42.8 Å². The predicted molar refractivity (Wildman–Crippen MR) is 97.8 cm³/mol. The predicted octanol–water partition coefficient (Wildman–Crippen LogP) is 2.38. The molecule has 0 saturated carbocycles. The third-order valence-electron chi connectivity index (χ3n) is 4.62. The highest BCUT2D eigenvalue weighted by Gasteiger charge is 2.25. The van der Waals surface area contributed by atoms with Crippen molar-refractivity contribution >= 4 is 34.1 Å². The van der Waals surface area contributed by atoms with Gasteiger partial charge in [-0.1, -0.05) is 0 Å². The molecule has 1 aliphatic rings. The number of rotatable bonds is 3. The topological polar surface area (TPSA) is 126 Å². The zero-order valence-corrected chi connectivity index (χ0v) is 14.3. The van der Waals surface area contributed by atoms with Crippen molar-refractivity contribution in [1.82, 2.24) is 14.9 Å². The van der Waals surface area contributed by atoms with Crippen LogP contribution in [0.25, 0.3) is 11.0 Å². The Balaban J connectivity index is 1.75. The number of anilines is 2. The molecule has 0 unspecified atom stereocenters. The summed E-state index contributed by atoms with van der Waals surface area (Å²) in [6, 6.07) is 9.61. The van der Waals surface area contributed by atoms with Gasteiger partial charge in [0.2, 0.25) is 0 Å². The number of fused-ring (bicyclic) bond motifs is 3. The van der Waals surface area contributed by atoms with Crippen LogP contribution in [0.5, 0.6) is 0 Å². The molecule has 9 nitrogen and oxygen atoms in total. The summed E-state index contributed by atoms with van der Waals surface area (Å²) in [5.41, 5.74) is 2.42. The van der Waals surface area contributed by atoms with E-state index >= 15 is 0 Å². The summed E-state index contributed by atoms with van der Waals surface area (Å²) in [5, 5.41) is 26.7. The Morgan fingerprint density at radius 2 is 2.19 bits per heavy atom. The number of carbonyl (C=O) groups is 1. The molecular formula is C18H14N6O3. The number of pyridine rings is 1. The van der Waals surface area contributed by atoms with Gasteiger partial charge in [0.05, 0.1) is 10.5 Å². The molecule has 3 heterocycles. The first kappa shape index (κ1) is 16.5. The summed E-state index contributed by atoms with van der Waals surface area (Å²) in [6.45, 7) is 0.593. The molecule has 27 heavy (non-hydrogen) atoms. The Hall–Kier alpha value is -3.93. The van der Waals surface area contributed by atoms with E-state index in [0.29, 0.717) is 29.3 Å². The Morgan fingerprint density at radius 3 is 2.93 bits per heavy atom. The monoisotopic (exact) mass is 362 g/mol. The molecule has 1 aliphatic heterocycles. The van der Waals surface area contributed by atoms with Crippen LogP contribution in [0.2, 0.25) is 0 Å². The minimum absolute atomic E-state index is 0.00455. The number of amides is 1. The minimum Gasteiger partial charge on any atom is -0.352 e. The number of hydrogen-bond donors (Lipinski definition) is 2. The fourth-order valence-electron chi connectivity index (χ4n) is 3.35. The van der Waals surface area contributed by atoms with Crippen molar-refractivity contribution in [3.05, 3.63) is 57.3 Å². The van der Waals surface area contributed by atoms with Crippen LogP contribution >= 0.6 is 0 Å². The van der Waals surface area contributed by atoms with E-state index in [-0.39, 0.29) is 17.2 Å². The highest BCUT2D eigenvalue weighted by atomic mass is 16.6. The fourth-order valence-corrected chi connectivity index (χ4v) is 3.35. The van der Waals surface area contributed by atoms with Gasteiger partial charge in [-0.05, 0) is 24.3 Å². The number of nitro benzene ring substituents is 1. The van der Waals surface area contributed by atoms with Crippen molar-refractivity contribution < 1.29 is 9.72 Å². The lowest BCUT2D eigenvalue weighted by atomic mass is 10.1. The molecule has 2 N–H and O–H groups in total. The third-order valence-corrected chi connectivity index (χ3v) is 4.62. The van der Waals surface area contributed by atoms with E-state index < -0.39 is 4.92 Å². The number of nitrogens with zero attached hydrogens (tertiary/aromatic N) is 4. The van der Waals surface area contributed by atoms with Gasteiger partial charge in [-0.3, -0.25) is 14.9 Å². The van der Waals surface area contributed by atoms with Crippen LogP contribution in [-0.4, -0.2) is 26.9 Å². The first-order chi connectivity index (χ1) is 13.0. The maximum absolute atomic E-state index is 12.2. The van der Waals surface area contributed by atoms with Crippen LogP contribution in [0.15, 0.2) is 30.3 Å². The largest absolute Gasteiger partial charge is 0.352 e. The van der Waals surface area contributed by atoms with E-state index in [1.54, 1.807) is 18.2 Å². The van der Waals surface area contributed by atoms with Crippen LogP contribution in [-0.2, 0) is 13.5 Å². The number of nitriles is 1. The highest BCUT2D eigenvalue weighted by molar-refractivity contribution is 6.08. The molecule has 2 aromatic heterocycles. The van der Waals surface area contributed by atoms with Crippen LogP contribution < -0.4 is 10.6 Å². The van der Waals surface area contributed by atoms with Crippen molar-refractivity contribution in [3.8, 4) is 6.07 Å².